The van der Waals surface area contributed by atoms with E-state index in [9.17, 15) is 32.3 Å². The molecule has 0 unspecified atom stereocenters. The standard InChI is InChI=1S/C32H35F4N3O3S/c1-30(2,24-12-19(33)5-7-25(24)35)14-22(40)15-32(17-39(18-32)21-8-10-31(3,42)11-9-21)16-27(41)29-38-37-28(43-29)23-6-4-20(34)13-26(23)36/h4-7,12-13,21,42H,8-11,14-18H2,1-3H3. The monoisotopic (exact) mass is 617 g/mol. The first-order valence-corrected chi connectivity index (χ1v) is 15.2. The number of Topliss-reactive ketones (excluding diaryl/α,β-unsaturated/α-hetero) is 2. The average Bonchev–Trinajstić information content (AvgIpc) is 3.38. The van der Waals surface area contributed by atoms with Crippen LogP contribution in [0.5, 0.6) is 0 Å². The van der Waals surface area contributed by atoms with Crippen LogP contribution in [-0.4, -0.2) is 56.5 Å². The summed E-state index contributed by atoms with van der Waals surface area (Å²) in [4.78, 5) is 29.2. The second kappa shape index (κ2) is 11.8. The van der Waals surface area contributed by atoms with Crippen molar-refractivity contribution in [1.82, 2.24) is 15.1 Å². The van der Waals surface area contributed by atoms with Gasteiger partial charge in [-0.1, -0.05) is 25.2 Å². The number of aliphatic hydroxyl groups is 1. The molecular weight excluding hydrogens is 582 g/mol. The highest BCUT2D eigenvalue weighted by Crippen LogP contribution is 2.45. The molecule has 1 aliphatic carbocycles. The van der Waals surface area contributed by atoms with Gasteiger partial charge in [0.25, 0.3) is 0 Å². The molecule has 0 spiro atoms. The Bertz CT molecular complexity index is 1520. The van der Waals surface area contributed by atoms with Gasteiger partial charge in [0.1, 0.15) is 29.1 Å². The molecule has 1 saturated carbocycles. The maximum absolute atomic E-state index is 14.6. The third kappa shape index (κ3) is 7.05. The molecule has 2 fully saturated rings. The number of hydrogen-bond donors (Lipinski definition) is 1. The van der Waals surface area contributed by atoms with Gasteiger partial charge < -0.3 is 5.11 Å². The molecule has 230 valence electrons. The minimum absolute atomic E-state index is 0.00889. The number of likely N-dealkylation sites (tertiary alicyclic amines) is 1. The number of nitrogens with zero attached hydrogens (tertiary/aromatic N) is 3. The van der Waals surface area contributed by atoms with Crippen LogP contribution >= 0.6 is 11.3 Å². The quantitative estimate of drug-likeness (QED) is 0.203. The highest BCUT2D eigenvalue weighted by atomic mass is 32.1. The lowest BCUT2D eigenvalue weighted by Gasteiger charge is -2.54. The molecule has 1 aliphatic heterocycles. The summed E-state index contributed by atoms with van der Waals surface area (Å²) >= 11 is 0.909. The van der Waals surface area contributed by atoms with Crippen molar-refractivity contribution in [1.29, 1.82) is 0 Å². The lowest BCUT2D eigenvalue weighted by atomic mass is 9.68. The zero-order valence-electron chi connectivity index (χ0n) is 24.4. The highest BCUT2D eigenvalue weighted by Gasteiger charge is 2.49. The molecule has 0 amide bonds. The second-order valence-corrected chi connectivity index (χ2v) is 14.1. The van der Waals surface area contributed by atoms with Gasteiger partial charge in [-0.05, 0) is 73.9 Å². The molecule has 1 aromatic heterocycles. The van der Waals surface area contributed by atoms with Crippen molar-refractivity contribution in [2.75, 3.05) is 13.1 Å². The summed E-state index contributed by atoms with van der Waals surface area (Å²) in [5, 5.41) is 18.5. The SMILES string of the molecule is CC1(O)CCC(N2CC(CC(=O)CC(C)(C)c3cc(F)ccc3F)(CC(=O)c3nnc(-c4ccc(F)cc4F)s3)C2)CC1. The van der Waals surface area contributed by atoms with Crippen LogP contribution in [0.1, 0.15) is 81.1 Å². The molecule has 11 heteroatoms. The smallest absolute Gasteiger partial charge is 0.194 e. The van der Waals surface area contributed by atoms with E-state index in [1.807, 2.05) is 6.92 Å². The number of aromatic nitrogens is 2. The Hall–Kier alpha value is -3.02. The molecule has 5 rings (SSSR count). The summed E-state index contributed by atoms with van der Waals surface area (Å²) in [6, 6.07) is 6.52. The van der Waals surface area contributed by atoms with Crippen LogP contribution in [0.2, 0.25) is 0 Å². The Morgan fingerprint density at radius 3 is 2.30 bits per heavy atom. The van der Waals surface area contributed by atoms with Crippen molar-refractivity contribution in [3.05, 3.63) is 70.2 Å². The normalized spacial score (nSPS) is 22.3. The van der Waals surface area contributed by atoms with E-state index < -0.39 is 39.7 Å². The Morgan fingerprint density at radius 1 is 0.977 bits per heavy atom. The van der Waals surface area contributed by atoms with Crippen LogP contribution in [-0.2, 0) is 10.2 Å². The minimum atomic E-state index is -0.972. The van der Waals surface area contributed by atoms with Gasteiger partial charge in [0, 0.05) is 55.4 Å². The summed E-state index contributed by atoms with van der Waals surface area (Å²) in [7, 11) is 0. The maximum atomic E-state index is 14.6. The van der Waals surface area contributed by atoms with E-state index in [4.69, 9.17) is 0 Å². The van der Waals surface area contributed by atoms with E-state index in [1.54, 1.807) is 13.8 Å². The Balaban J connectivity index is 1.33. The molecule has 1 N–H and O–H groups in total. The van der Waals surface area contributed by atoms with E-state index in [0.29, 0.717) is 25.9 Å². The molecule has 0 bridgehead atoms. The van der Waals surface area contributed by atoms with Gasteiger partial charge in [0.2, 0.25) is 0 Å². The maximum Gasteiger partial charge on any atom is 0.194 e. The molecule has 1 saturated heterocycles. The summed E-state index contributed by atoms with van der Waals surface area (Å²) in [6.45, 7) is 6.20. The highest BCUT2D eigenvalue weighted by molar-refractivity contribution is 7.16. The van der Waals surface area contributed by atoms with E-state index in [1.165, 1.54) is 6.07 Å². The average molecular weight is 618 g/mol. The fourth-order valence-corrected chi connectivity index (χ4v) is 7.37. The number of carbonyl (C=O) groups is 2. The number of rotatable bonds is 10. The molecule has 3 aromatic rings. The molecular formula is C32H35F4N3O3S. The van der Waals surface area contributed by atoms with E-state index in [2.05, 4.69) is 15.1 Å². The van der Waals surface area contributed by atoms with Crippen molar-refractivity contribution in [3.63, 3.8) is 0 Å². The number of halogens is 4. The topological polar surface area (TPSA) is 83.4 Å². The number of benzene rings is 2. The largest absolute Gasteiger partial charge is 0.390 e. The van der Waals surface area contributed by atoms with Crippen LogP contribution in [0.3, 0.4) is 0 Å². The van der Waals surface area contributed by atoms with Crippen molar-refractivity contribution >= 4 is 22.9 Å². The third-order valence-electron chi connectivity index (χ3n) is 8.86. The molecule has 0 atom stereocenters. The van der Waals surface area contributed by atoms with Gasteiger partial charge in [0.05, 0.1) is 5.60 Å². The van der Waals surface area contributed by atoms with Gasteiger partial charge in [-0.2, -0.15) is 0 Å². The van der Waals surface area contributed by atoms with Crippen LogP contribution < -0.4 is 0 Å². The van der Waals surface area contributed by atoms with Gasteiger partial charge in [0.15, 0.2) is 15.8 Å². The number of hydrogen-bond acceptors (Lipinski definition) is 7. The molecule has 0 radical (unpaired) electrons. The Labute approximate surface area is 252 Å². The van der Waals surface area contributed by atoms with Crippen LogP contribution in [0.25, 0.3) is 10.6 Å². The van der Waals surface area contributed by atoms with Crippen molar-refractivity contribution < 1.29 is 32.3 Å². The number of carbonyl (C=O) groups excluding carboxylic acids is 2. The van der Waals surface area contributed by atoms with Crippen molar-refractivity contribution in [2.24, 2.45) is 5.41 Å². The van der Waals surface area contributed by atoms with E-state index in [0.717, 1.165) is 54.5 Å². The van der Waals surface area contributed by atoms with E-state index >= 15 is 0 Å². The predicted molar refractivity (Wildman–Crippen MR) is 155 cm³/mol. The summed E-state index contributed by atoms with van der Waals surface area (Å²) < 4.78 is 56.2. The van der Waals surface area contributed by atoms with Gasteiger partial charge >= 0.3 is 0 Å². The first-order chi connectivity index (χ1) is 20.2. The van der Waals surface area contributed by atoms with Crippen molar-refractivity contribution in [3.8, 4) is 10.6 Å². The fourth-order valence-electron chi connectivity index (χ4n) is 6.56. The van der Waals surface area contributed by atoms with Gasteiger partial charge in [-0.3, -0.25) is 14.5 Å². The number of ketones is 2. The van der Waals surface area contributed by atoms with Crippen molar-refractivity contribution in [2.45, 2.75) is 82.8 Å². The van der Waals surface area contributed by atoms with E-state index in [-0.39, 0.29) is 58.0 Å². The molecule has 2 heterocycles. The predicted octanol–water partition coefficient (Wildman–Crippen LogP) is 6.66. The molecule has 2 aromatic carbocycles. The van der Waals surface area contributed by atoms with Crippen LogP contribution in [0.4, 0.5) is 17.6 Å². The Morgan fingerprint density at radius 2 is 1.63 bits per heavy atom. The van der Waals surface area contributed by atoms with Crippen LogP contribution in [0, 0.1) is 28.7 Å². The zero-order chi connectivity index (χ0) is 31.2. The molecule has 2 aliphatic rings. The first-order valence-electron chi connectivity index (χ1n) is 14.4. The lowest BCUT2D eigenvalue weighted by Crippen LogP contribution is -2.62. The lowest BCUT2D eigenvalue weighted by molar-refractivity contribution is -0.128. The van der Waals surface area contributed by atoms with Gasteiger partial charge in [-0.25, -0.2) is 17.6 Å². The summed E-state index contributed by atoms with van der Waals surface area (Å²) in [5.74, 6) is -3.21. The third-order valence-corrected chi connectivity index (χ3v) is 9.85. The molecule has 6 nitrogen and oxygen atoms in total. The summed E-state index contributed by atoms with van der Waals surface area (Å²) in [5.41, 5.74) is -2.21. The van der Waals surface area contributed by atoms with Gasteiger partial charge in [-0.15, -0.1) is 10.2 Å². The Kier molecular flexibility index (Phi) is 8.63. The second-order valence-electron chi connectivity index (χ2n) is 13.2. The zero-order valence-corrected chi connectivity index (χ0v) is 25.2. The minimum Gasteiger partial charge on any atom is -0.390 e. The fraction of sp³-hybridized carbons (Fsp3) is 0.500. The van der Waals surface area contributed by atoms with Crippen LogP contribution in [0.15, 0.2) is 36.4 Å². The summed E-state index contributed by atoms with van der Waals surface area (Å²) in [6.07, 6.45) is 2.98. The molecule has 43 heavy (non-hydrogen) atoms. The first kappa shape index (κ1) is 31.4.